The van der Waals surface area contributed by atoms with Crippen molar-refractivity contribution in [3.05, 3.63) is 69.3 Å². The van der Waals surface area contributed by atoms with Gasteiger partial charge in [-0.05, 0) is 31.2 Å². The number of carbonyl (C=O) groups excluding carboxylic acids is 2. The van der Waals surface area contributed by atoms with Crippen LogP contribution in [-0.4, -0.2) is 64.5 Å². The van der Waals surface area contributed by atoms with E-state index in [4.69, 9.17) is 4.74 Å². The Morgan fingerprint density at radius 1 is 1.21 bits per heavy atom. The van der Waals surface area contributed by atoms with E-state index in [0.717, 1.165) is 23.3 Å². The van der Waals surface area contributed by atoms with Crippen LogP contribution in [0.5, 0.6) is 0 Å². The normalized spacial score (nSPS) is 13.6. The molecule has 1 aliphatic heterocycles. The molecule has 0 atom stereocenters. The van der Waals surface area contributed by atoms with E-state index in [0.29, 0.717) is 35.4 Å². The van der Waals surface area contributed by atoms with Crippen molar-refractivity contribution in [3.8, 4) is 0 Å². The number of nitrogens with zero attached hydrogens (tertiary/aromatic N) is 5. The predicted molar refractivity (Wildman–Crippen MR) is 127 cm³/mol. The third-order valence-electron chi connectivity index (χ3n) is 5.12. The molecule has 1 saturated heterocycles. The monoisotopic (exact) mass is 499 g/mol. The molecule has 1 fully saturated rings. The number of pyridine rings is 1. The molecule has 2 aromatic heterocycles. The van der Waals surface area contributed by atoms with Gasteiger partial charge in [-0.3, -0.25) is 14.9 Å². The maximum Gasteiger partial charge on any atom is 0.338 e. The summed E-state index contributed by atoms with van der Waals surface area (Å²) in [6, 6.07) is 9.79. The van der Waals surface area contributed by atoms with Gasteiger partial charge in [-0.1, -0.05) is 17.8 Å². The number of amides is 1. The number of nitro groups is 1. The van der Waals surface area contributed by atoms with Crippen molar-refractivity contribution >= 4 is 46.5 Å². The number of aryl methyl sites for hydroxylation is 1. The molecule has 176 valence electrons. The van der Waals surface area contributed by atoms with E-state index in [9.17, 15) is 19.7 Å². The molecule has 1 amide bonds. The standard InChI is InChI=1S/C22H21N5O5S2/c1-15-14-33-22(24-15)34-18-6-5-16(12-17(18)27(30)31)21(29)32-13-20(28)26-10-8-25(9-11-26)19-4-2-3-7-23-19/h2-7,12,14H,8-11,13H2,1H3. The second kappa shape index (κ2) is 10.6. The van der Waals surface area contributed by atoms with Gasteiger partial charge in [0.15, 0.2) is 10.9 Å². The van der Waals surface area contributed by atoms with Crippen LogP contribution >= 0.6 is 23.1 Å². The minimum atomic E-state index is -0.787. The molecule has 0 unspecified atom stereocenters. The molecular formula is C22H21N5O5S2. The summed E-state index contributed by atoms with van der Waals surface area (Å²) in [7, 11) is 0. The molecule has 4 rings (SSSR count). The van der Waals surface area contributed by atoms with Crippen LogP contribution in [0.1, 0.15) is 16.1 Å². The van der Waals surface area contributed by atoms with Crippen molar-refractivity contribution in [1.29, 1.82) is 0 Å². The lowest BCUT2D eigenvalue weighted by molar-refractivity contribution is -0.387. The largest absolute Gasteiger partial charge is 0.452 e. The molecule has 0 bridgehead atoms. The van der Waals surface area contributed by atoms with Crippen LogP contribution < -0.4 is 4.90 Å². The van der Waals surface area contributed by atoms with Gasteiger partial charge >= 0.3 is 5.97 Å². The molecule has 0 saturated carbocycles. The van der Waals surface area contributed by atoms with Gasteiger partial charge in [0.05, 0.1) is 15.4 Å². The minimum Gasteiger partial charge on any atom is -0.452 e. The van der Waals surface area contributed by atoms with Crippen LogP contribution in [0.4, 0.5) is 11.5 Å². The number of anilines is 1. The van der Waals surface area contributed by atoms with Crippen LogP contribution in [0, 0.1) is 17.0 Å². The zero-order chi connectivity index (χ0) is 24.1. The maximum absolute atomic E-state index is 12.5. The Morgan fingerprint density at radius 2 is 2.00 bits per heavy atom. The summed E-state index contributed by atoms with van der Waals surface area (Å²) in [5.74, 6) is -0.241. The molecule has 0 aliphatic carbocycles. The summed E-state index contributed by atoms with van der Waals surface area (Å²) in [6.07, 6.45) is 1.72. The predicted octanol–water partition coefficient (Wildman–Crippen LogP) is 3.41. The van der Waals surface area contributed by atoms with Crippen LogP contribution in [0.3, 0.4) is 0 Å². The Balaban J connectivity index is 1.33. The van der Waals surface area contributed by atoms with Crippen molar-refractivity contribution in [2.45, 2.75) is 16.2 Å². The van der Waals surface area contributed by atoms with Crippen LogP contribution in [0.25, 0.3) is 0 Å². The van der Waals surface area contributed by atoms with Gasteiger partial charge in [-0.25, -0.2) is 14.8 Å². The van der Waals surface area contributed by atoms with E-state index < -0.39 is 17.5 Å². The highest BCUT2D eigenvalue weighted by Gasteiger charge is 2.24. The fraction of sp³-hybridized carbons (Fsp3) is 0.273. The van der Waals surface area contributed by atoms with Gasteiger partial charge in [-0.15, -0.1) is 11.3 Å². The van der Waals surface area contributed by atoms with Gasteiger partial charge in [0.1, 0.15) is 5.82 Å². The summed E-state index contributed by atoms with van der Waals surface area (Å²) in [5.41, 5.74) is 0.626. The number of piperazine rings is 1. The smallest absolute Gasteiger partial charge is 0.338 e. The quantitative estimate of drug-likeness (QED) is 0.274. The molecule has 10 nitrogen and oxygen atoms in total. The maximum atomic E-state index is 12.5. The summed E-state index contributed by atoms with van der Waals surface area (Å²) in [4.78, 5) is 48.7. The van der Waals surface area contributed by atoms with Gasteiger partial charge in [0, 0.05) is 49.5 Å². The summed E-state index contributed by atoms with van der Waals surface area (Å²) in [6.45, 7) is 3.64. The lowest BCUT2D eigenvalue weighted by Crippen LogP contribution is -2.50. The van der Waals surface area contributed by atoms with E-state index in [2.05, 4.69) is 14.9 Å². The molecule has 0 N–H and O–H groups in total. The summed E-state index contributed by atoms with van der Waals surface area (Å²) in [5, 5.41) is 13.4. The zero-order valence-electron chi connectivity index (χ0n) is 18.2. The first-order chi connectivity index (χ1) is 16.4. The van der Waals surface area contributed by atoms with Crippen molar-refractivity contribution in [2.24, 2.45) is 0 Å². The fourth-order valence-corrected chi connectivity index (χ4v) is 5.25. The highest BCUT2D eigenvalue weighted by Crippen LogP contribution is 2.36. The van der Waals surface area contributed by atoms with Crippen LogP contribution in [0.2, 0.25) is 0 Å². The third-order valence-corrected chi connectivity index (χ3v) is 7.24. The Kier molecular flexibility index (Phi) is 7.38. The molecular weight excluding hydrogens is 478 g/mol. The van der Waals surface area contributed by atoms with Crippen molar-refractivity contribution in [1.82, 2.24) is 14.9 Å². The number of carbonyl (C=O) groups is 2. The number of esters is 1. The molecule has 3 aromatic rings. The van der Waals surface area contributed by atoms with Gasteiger partial charge in [0.25, 0.3) is 11.6 Å². The van der Waals surface area contributed by atoms with Crippen molar-refractivity contribution in [3.63, 3.8) is 0 Å². The van der Waals surface area contributed by atoms with Crippen molar-refractivity contribution in [2.75, 3.05) is 37.7 Å². The number of thiazole rings is 1. The molecule has 1 aromatic carbocycles. The number of rotatable bonds is 7. The Hall–Kier alpha value is -3.51. The average molecular weight is 500 g/mol. The topological polar surface area (TPSA) is 119 Å². The highest BCUT2D eigenvalue weighted by atomic mass is 32.2. The van der Waals surface area contributed by atoms with Crippen LogP contribution in [-0.2, 0) is 9.53 Å². The lowest BCUT2D eigenvalue weighted by Gasteiger charge is -2.35. The number of ether oxygens (including phenoxy) is 1. The van der Waals surface area contributed by atoms with E-state index in [1.165, 1.54) is 29.5 Å². The van der Waals surface area contributed by atoms with E-state index >= 15 is 0 Å². The summed E-state index contributed by atoms with van der Waals surface area (Å²) < 4.78 is 5.83. The van der Waals surface area contributed by atoms with E-state index in [-0.39, 0.29) is 17.2 Å². The first kappa shape index (κ1) is 23.6. The number of benzene rings is 1. The first-order valence-electron chi connectivity index (χ1n) is 10.4. The Labute approximate surface area is 203 Å². The van der Waals surface area contributed by atoms with Gasteiger partial charge < -0.3 is 14.5 Å². The molecule has 3 heterocycles. The summed E-state index contributed by atoms with van der Waals surface area (Å²) >= 11 is 2.55. The molecule has 12 heteroatoms. The number of nitro benzene ring substituents is 1. The number of hydrogen-bond acceptors (Lipinski definition) is 10. The SMILES string of the molecule is Cc1csc(Sc2ccc(C(=O)OCC(=O)N3CCN(c4ccccn4)CC3)cc2[N+](=O)[O-])n1. The second-order valence-electron chi connectivity index (χ2n) is 7.43. The fourth-order valence-electron chi connectivity index (χ4n) is 3.37. The van der Waals surface area contributed by atoms with Crippen LogP contribution in [0.15, 0.2) is 57.2 Å². The van der Waals surface area contributed by atoms with Gasteiger partial charge in [-0.2, -0.15) is 0 Å². The highest BCUT2D eigenvalue weighted by molar-refractivity contribution is 8.01. The number of aromatic nitrogens is 2. The minimum absolute atomic E-state index is 0.0131. The molecule has 1 aliphatic rings. The van der Waals surface area contributed by atoms with Crippen molar-refractivity contribution < 1.29 is 19.2 Å². The average Bonchev–Trinajstić information content (AvgIpc) is 3.27. The lowest BCUT2D eigenvalue weighted by atomic mass is 10.2. The molecule has 0 spiro atoms. The molecule has 0 radical (unpaired) electrons. The second-order valence-corrected chi connectivity index (χ2v) is 9.58. The van der Waals surface area contributed by atoms with E-state index in [1.54, 1.807) is 11.1 Å². The Bertz CT molecular complexity index is 1200. The zero-order valence-corrected chi connectivity index (χ0v) is 19.9. The Morgan fingerprint density at radius 3 is 2.65 bits per heavy atom. The van der Waals surface area contributed by atoms with E-state index in [1.807, 2.05) is 30.5 Å². The molecule has 34 heavy (non-hydrogen) atoms. The third kappa shape index (κ3) is 5.69. The van der Waals surface area contributed by atoms with Gasteiger partial charge in [0.2, 0.25) is 0 Å². The number of hydrogen-bond donors (Lipinski definition) is 0. The first-order valence-corrected chi connectivity index (χ1v) is 12.1.